The minimum Gasteiger partial charge on any atom is -0.480 e. The van der Waals surface area contributed by atoms with E-state index in [1.54, 1.807) is 12.1 Å². The zero-order valence-electron chi connectivity index (χ0n) is 9.21. The fraction of sp³-hybridized carbons (Fsp3) is 0.0714. The van der Waals surface area contributed by atoms with E-state index in [0.717, 1.165) is 11.1 Å². The molecule has 3 nitrogen and oxygen atoms in total. The molecule has 3 N–H and O–H groups in total. The molecule has 17 heavy (non-hydrogen) atoms. The van der Waals surface area contributed by atoms with Crippen molar-refractivity contribution in [1.82, 2.24) is 0 Å². The first kappa shape index (κ1) is 11.4. The first-order valence-corrected chi connectivity index (χ1v) is 5.32. The lowest BCUT2D eigenvalue weighted by atomic mass is 10.0. The van der Waals surface area contributed by atoms with Gasteiger partial charge in [-0.1, -0.05) is 54.6 Å². The van der Waals surface area contributed by atoms with Crippen molar-refractivity contribution in [2.75, 3.05) is 0 Å². The summed E-state index contributed by atoms with van der Waals surface area (Å²) in [7, 11) is 0. The van der Waals surface area contributed by atoms with Gasteiger partial charge in [0.1, 0.15) is 6.04 Å². The van der Waals surface area contributed by atoms with Crippen molar-refractivity contribution in [2.45, 2.75) is 6.04 Å². The van der Waals surface area contributed by atoms with Crippen LogP contribution in [0.2, 0.25) is 0 Å². The molecular weight excluding hydrogens is 214 g/mol. The van der Waals surface area contributed by atoms with Crippen LogP contribution in [0.4, 0.5) is 0 Å². The minimum absolute atomic E-state index is 0.609. The van der Waals surface area contributed by atoms with Crippen LogP contribution in [0.15, 0.2) is 54.6 Å². The molecule has 0 unspecified atom stereocenters. The average molecular weight is 227 g/mol. The molecule has 0 saturated heterocycles. The summed E-state index contributed by atoms with van der Waals surface area (Å²) in [6.45, 7) is 0. The fourth-order valence-electron chi connectivity index (χ4n) is 1.66. The van der Waals surface area contributed by atoms with Crippen LogP contribution in [-0.2, 0) is 4.79 Å². The van der Waals surface area contributed by atoms with Crippen LogP contribution in [-0.4, -0.2) is 11.1 Å². The van der Waals surface area contributed by atoms with E-state index in [-0.39, 0.29) is 0 Å². The van der Waals surface area contributed by atoms with Gasteiger partial charge in [0, 0.05) is 0 Å². The molecule has 0 fully saturated rings. The molecule has 86 valence electrons. The van der Waals surface area contributed by atoms with Crippen molar-refractivity contribution in [3.8, 4) is 11.1 Å². The third-order valence-corrected chi connectivity index (χ3v) is 2.64. The highest BCUT2D eigenvalue weighted by Crippen LogP contribution is 2.21. The van der Waals surface area contributed by atoms with Crippen LogP contribution in [0.5, 0.6) is 0 Å². The summed E-state index contributed by atoms with van der Waals surface area (Å²) in [6, 6.07) is 16.2. The van der Waals surface area contributed by atoms with E-state index >= 15 is 0 Å². The Hall–Kier alpha value is -2.13. The Kier molecular flexibility index (Phi) is 3.21. The van der Waals surface area contributed by atoms with Crippen molar-refractivity contribution >= 4 is 5.97 Å². The molecule has 0 radical (unpaired) electrons. The van der Waals surface area contributed by atoms with Gasteiger partial charge in [-0.05, 0) is 16.7 Å². The number of aliphatic carboxylic acids is 1. The molecule has 0 bridgehead atoms. The number of carboxylic acids is 1. The van der Waals surface area contributed by atoms with Gasteiger partial charge in [-0.3, -0.25) is 4.79 Å². The molecule has 0 spiro atoms. The maximum atomic E-state index is 10.7. The smallest absolute Gasteiger partial charge is 0.325 e. The molecule has 0 saturated carbocycles. The normalized spacial score (nSPS) is 12.1. The Balaban J connectivity index is 2.28. The second-order valence-corrected chi connectivity index (χ2v) is 3.80. The topological polar surface area (TPSA) is 63.3 Å². The lowest BCUT2D eigenvalue weighted by Crippen LogP contribution is -2.20. The predicted molar refractivity (Wildman–Crippen MR) is 66.4 cm³/mol. The van der Waals surface area contributed by atoms with Crippen molar-refractivity contribution in [3.05, 3.63) is 60.2 Å². The van der Waals surface area contributed by atoms with Crippen LogP contribution in [0.1, 0.15) is 11.6 Å². The third-order valence-electron chi connectivity index (χ3n) is 2.64. The molecule has 2 rings (SSSR count). The van der Waals surface area contributed by atoms with Gasteiger partial charge in [0.2, 0.25) is 0 Å². The Morgan fingerprint density at radius 2 is 1.47 bits per heavy atom. The molecule has 2 aromatic rings. The lowest BCUT2D eigenvalue weighted by Gasteiger charge is -2.07. The summed E-state index contributed by atoms with van der Waals surface area (Å²) >= 11 is 0. The zero-order valence-corrected chi connectivity index (χ0v) is 9.21. The lowest BCUT2D eigenvalue weighted by molar-refractivity contribution is -0.138. The summed E-state index contributed by atoms with van der Waals surface area (Å²) in [5.41, 5.74) is 8.28. The summed E-state index contributed by atoms with van der Waals surface area (Å²) in [6.07, 6.45) is 0. The number of carboxylic acid groups (broad SMARTS) is 1. The Morgan fingerprint density at radius 3 is 2.00 bits per heavy atom. The van der Waals surface area contributed by atoms with E-state index < -0.39 is 12.0 Å². The molecule has 3 heteroatoms. The second kappa shape index (κ2) is 4.80. The largest absolute Gasteiger partial charge is 0.480 e. The fourth-order valence-corrected chi connectivity index (χ4v) is 1.66. The van der Waals surface area contributed by atoms with Crippen LogP contribution >= 0.6 is 0 Å². The number of nitrogens with two attached hydrogens (primary N) is 1. The number of benzene rings is 2. The molecule has 0 aliphatic rings. The molecule has 2 aromatic carbocycles. The van der Waals surface area contributed by atoms with Crippen molar-refractivity contribution in [2.24, 2.45) is 5.73 Å². The van der Waals surface area contributed by atoms with E-state index in [2.05, 4.69) is 0 Å². The molecule has 0 aromatic heterocycles. The maximum absolute atomic E-state index is 10.7. The van der Waals surface area contributed by atoms with Crippen LogP contribution in [0.3, 0.4) is 0 Å². The number of rotatable bonds is 3. The number of hydrogen-bond acceptors (Lipinski definition) is 2. The third kappa shape index (κ3) is 2.52. The molecule has 0 heterocycles. The predicted octanol–water partition coefficient (Wildman–Crippen LogP) is 2.44. The number of carbonyl (C=O) groups is 1. The summed E-state index contributed by atoms with van der Waals surface area (Å²) in [5.74, 6) is -1.02. The molecule has 1 atom stereocenters. The quantitative estimate of drug-likeness (QED) is 0.846. The summed E-state index contributed by atoms with van der Waals surface area (Å²) in [5, 5.41) is 8.80. The van der Waals surface area contributed by atoms with Gasteiger partial charge in [-0.2, -0.15) is 0 Å². The Bertz CT molecular complexity index is 506. The van der Waals surface area contributed by atoms with Crippen molar-refractivity contribution in [1.29, 1.82) is 0 Å². The average Bonchev–Trinajstić information content (AvgIpc) is 2.39. The van der Waals surface area contributed by atoms with Gasteiger partial charge in [-0.25, -0.2) is 0 Å². The van der Waals surface area contributed by atoms with Gasteiger partial charge in [0.05, 0.1) is 0 Å². The molecular formula is C14H13NO2. The van der Waals surface area contributed by atoms with E-state index in [0.29, 0.717) is 5.56 Å². The zero-order chi connectivity index (χ0) is 12.3. The Morgan fingerprint density at radius 1 is 0.941 bits per heavy atom. The van der Waals surface area contributed by atoms with Crippen LogP contribution in [0, 0.1) is 0 Å². The maximum Gasteiger partial charge on any atom is 0.325 e. The minimum atomic E-state index is -1.02. The van der Waals surface area contributed by atoms with Crippen molar-refractivity contribution < 1.29 is 9.90 Å². The number of hydrogen-bond donors (Lipinski definition) is 2. The second-order valence-electron chi connectivity index (χ2n) is 3.80. The monoisotopic (exact) mass is 227 g/mol. The van der Waals surface area contributed by atoms with Gasteiger partial charge < -0.3 is 10.8 Å². The molecule has 0 aliphatic heterocycles. The van der Waals surface area contributed by atoms with E-state index in [1.165, 1.54) is 0 Å². The highest BCUT2D eigenvalue weighted by molar-refractivity contribution is 5.75. The van der Waals surface area contributed by atoms with Crippen molar-refractivity contribution in [3.63, 3.8) is 0 Å². The SMILES string of the molecule is N[C@@H](C(=O)O)c1ccc(-c2ccccc2)cc1. The molecule has 0 amide bonds. The summed E-state index contributed by atoms with van der Waals surface area (Å²) in [4.78, 5) is 10.7. The van der Waals surface area contributed by atoms with Crippen LogP contribution < -0.4 is 5.73 Å². The highest BCUT2D eigenvalue weighted by Gasteiger charge is 2.13. The van der Waals surface area contributed by atoms with Gasteiger partial charge >= 0.3 is 5.97 Å². The standard InChI is InChI=1S/C14H13NO2/c15-13(14(16)17)12-8-6-11(7-9-12)10-4-2-1-3-5-10/h1-9,13H,15H2,(H,16,17)/t13-/m1/s1. The van der Waals surface area contributed by atoms with E-state index in [1.807, 2.05) is 42.5 Å². The van der Waals surface area contributed by atoms with Crippen LogP contribution in [0.25, 0.3) is 11.1 Å². The molecule has 0 aliphatic carbocycles. The highest BCUT2D eigenvalue weighted by atomic mass is 16.4. The summed E-state index contributed by atoms with van der Waals surface area (Å²) < 4.78 is 0. The van der Waals surface area contributed by atoms with E-state index in [9.17, 15) is 4.79 Å². The van der Waals surface area contributed by atoms with Gasteiger partial charge in [-0.15, -0.1) is 0 Å². The Labute approximate surface area is 99.5 Å². The van der Waals surface area contributed by atoms with Gasteiger partial charge in [0.15, 0.2) is 0 Å². The first-order chi connectivity index (χ1) is 8.18. The van der Waals surface area contributed by atoms with Gasteiger partial charge in [0.25, 0.3) is 0 Å². The van der Waals surface area contributed by atoms with E-state index in [4.69, 9.17) is 10.8 Å². The first-order valence-electron chi connectivity index (χ1n) is 5.32.